The number of carbonyl (C=O) groups excluding carboxylic acids is 4. The molecule has 2 N–H and O–H groups in total. The van der Waals surface area contributed by atoms with E-state index in [1.165, 1.54) is 16.5 Å². The number of alkyl halides is 1. The molecule has 3 heterocycles. The smallest absolute Gasteiger partial charge is 0.408 e. The Morgan fingerprint density at radius 3 is 2.60 bits per heavy atom. The Balaban J connectivity index is 1.53. The number of amidine groups is 1. The number of nitrogens with zero attached hydrogens (tertiary/aromatic N) is 6. The topological polar surface area (TPSA) is 160 Å². The van der Waals surface area contributed by atoms with E-state index in [-0.39, 0.29) is 49.2 Å². The highest BCUT2D eigenvalue weighted by Gasteiger charge is 2.40. The molecule has 1 fully saturated rings. The van der Waals surface area contributed by atoms with E-state index >= 15 is 0 Å². The number of Topliss-reactive ketones (excluding diaryl/α,β-unsaturated/α-hetero) is 1. The summed E-state index contributed by atoms with van der Waals surface area (Å²) in [5.41, 5.74) is 1.44. The minimum absolute atomic E-state index is 0.000124. The molecular formula is C32H36BrFN8O5. The van der Waals surface area contributed by atoms with Crippen LogP contribution in [0.5, 0.6) is 0 Å². The molecule has 4 rings (SSSR count). The molecule has 0 aliphatic carbocycles. The number of anilines is 1. The molecule has 0 spiro atoms. The van der Waals surface area contributed by atoms with E-state index < -0.39 is 35.7 Å². The largest absolute Gasteiger partial charge is 0.444 e. The van der Waals surface area contributed by atoms with E-state index in [2.05, 4.69) is 53.3 Å². The van der Waals surface area contributed by atoms with Gasteiger partial charge >= 0.3 is 6.09 Å². The van der Waals surface area contributed by atoms with Crippen LogP contribution in [-0.2, 0) is 20.9 Å². The lowest BCUT2D eigenvalue weighted by atomic mass is 10.0. The number of hydrogen-bond acceptors (Lipinski definition) is 8. The number of hydrogen-bond donors (Lipinski definition) is 2. The van der Waals surface area contributed by atoms with Crippen LogP contribution >= 0.6 is 15.9 Å². The van der Waals surface area contributed by atoms with Gasteiger partial charge in [-0.3, -0.25) is 19.1 Å². The molecule has 1 saturated heterocycles. The summed E-state index contributed by atoms with van der Waals surface area (Å²) in [6, 6.07) is 9.20. The SMILES string of the molecule is C=NC(CNC(=O)OC(C)(C)C)=N/C=C(\C)c1ccc2c(c1)c(C(C)=O)nn2CC(=O)N1C[C@H](F)C[C@H]1C(=O)Nc1cccc(Br)n1. The number of nitrogens with one attached hydrogen (secondary N) is 2. The van der Waals surface area contributed by atoms with Gasteiger partial charge in [0.05, 0.1) is 18.6 Å². The molecule has 1 aromatic carbocycles. The van der Waals surface area contributed by atoms with Crippen LogP contribution in [0.2, 0.25) is 0 Å². The standard InChI is InChI=1S/C32H36BrFN8O5/c1-18(14-36-27(35-6)15-37-31(46)47-32(3,4)5)20-10-11-23-22(12-20)29(19(2)43)40-42(23)17-28(44)41-16-21(34)13-24(41)30(45)39-26-9-7-8-25(33)38-26/h7-12,14,21,24H,6,13,15-17H2,1-5H3,(H,37,46)(H,38,39,45)/b18-14+,36-27?/t21-,24+/m1/s1. The van der Waals surface area contributed by atoms with E-state index in [1.54, 1.807) is 63.4 Å². The van der Waals surface area contributed by atoms with Gasteiger partial charge in [0, 0.05) is 24.9 Å². The highest BCUT2D eigenvalue weighted by atomic mass is 79.9. The number of benzene rings is 1. The number of aliphatic imine (C=N–C) groups is 2. The Morgan fingerprint density at radius 1 is 1.19 bits per heavy atom. The first-order valence-electron chi connectivity index (χ1n) is 14.7. The molecule has 0 saturated carbocycles. The lowest BCUT2D eigenvalue weighted by Gasteiger charge is -2.23. The summed E-state index contributed by atoms with van der Waals surface area (Å²) in [6.45, 7) is 11.4. The third-order valence-electron chi connectivity index (χ3n) is 7.04. The molecule has 248 valence electrons. The van der Waals surface area contributed by atoms with Gasteiger partial charge in [0.25, 0.3) is 0 Å². The molecule has 1 aliphatic rings. The predicted molar refractivity (Wildman–Crippen MR) is 180 cm³/mol. The number of halogens is 2. The zero-order valence-corrected chi connectivity index (χ0v) is 28.3. The van der Waals surface area contributed by atoms with Gasteiger partial charge in [-0.25, -0.2) is 24.2 Å². The minimum Gasteiger partial charge on any atom is -0.444 e. The maximum Gasteiger partial charge on any atom is 0.408 e. The number of rotatable bonds is 9. The normalized spacial score (nSPS) is 17.0. The van der Waals surface area contributed by atoms with E-state index in [0.717, 1.165) is 5.56 Å². The number of aromatic nitrogens is 3. The Morgan fingerprint density at radius 2 is 1.94 bits per heavy atom. The van der Waals surface area contributed by atoms with Gasteiger partial charge in [-0.15, -0.1) is 0 Å². The van der Waals surface area contributed by atoms with E-state index in [0.29, 0.717) is 21.1 Å². The average Bonchev–Trinajstić information content (AvgIpc) is 3.56. The summed E-state index contributed by atoms with van der Waals surface area (Å²) in [5, 5.41) is 10.1. The molecule has 3 aromatic rings. The van der Waals surface area contributed by atoms with Gasteiger partial charge in [0.1, 0.15) is 46.3 Å². The monoisotopic (exact) mass is 710 g/mol. The molecule has 3 amide bonds. The molecule has 13 nitrogen and oxygen atoms in total. The zero-order valence-electron chi connectivity index (χ0n) is 26.7. The van der Waals surface area contributed by atoms with Crippen LogP contribution < -0.4 is 10.6 Å². The van der Waals surface area contributed by atoms with Gasteiger partial charge in [0.15, 0.2) is 5.78 Å². The van der Waals surface area contributed by atoms with E-state index in [4.69, 9.17) is 4.74 Å². The second kappa shape index (κ2) is 14.8. The van der Waals surface area contributed by atoms with Crippen molar-refractivity contribution in [1.29, 1.82) is 0 Å². The summed E-state index contributed by atoms with van der Waals surface area (Å²) >= 11 is 3.24. The number of pyridine rings is 1. The molecular weight excluding hydrogens is 675 g/mol. The predicted octanol–water partition coefficient (Wildman–Crippen LogP) is 4.96. The molecule has 0 unspecified atom stereocenters. The van der Waals surface area contributed by atoms with Crippen LogP contribution in [0, 0.1) is 0 Å². The summed E-state index contributed by atoms with van der Waals surface area (Å²) in [4.78, 5) is 64.6. The number of fused-ring (bicyclic) bond motifs is 1. The fourth-order valence-electron chi connectivity index (χ4n) is 4.87. The molecule has 0 bridgehead atoms. The number of carbonyl (C=O) groups is 4. The highest BCUT2D eigenvalue weighted by Crippen LogP contribution is 2.27. The fourth-order valence-corrected chi connectivity index (χ4v) is 5.22. The number of alkyl carbamates (subject to hydrolysis) is 1. The quantitative estimate of drug-likeness (QED) is 0.137. The van der Waals surface area contributed by atoms with Crippen LogP contribution in [-0.4, -0.2) is 86.8 Å². The molecule has 1 aliphatic heterocycles. The van der Waals surface area contributed by atoms with E-state index in [1.807, 2.05) is 6.92 Å². The second-order valence-electron chi connectivity index (χ2n) is 11.9. The number of allylic oxidation sites excluding steroid dienone is 1. The van der Waals surface area contributed by atoms with Crippen molar-refractivity contribution in [1.82, 2.24) is 25.0 Å². The number of ketones is 1. The van der Waals surface area contributed by atoms with Crippen LogP contribution in [0.4, 0.5) is 15.0 Å². The van der Waals surface area contributed by atoms with Crippen molar-refractivity contribution in [2.45, 2.75) is 65.4 Å². The third-order valence-corrected chi connectivity index (χ3v) is 7.48. The van der Waals surface area contributed by atoms with Crippen LogP contribution in [0.3, 0.4) is 0 Å². The number of likely N-dealkylation sites (tertiary alicyclic amines) is 1. The van der Waals surface area contributed by atoms with E-state index in [9.17, 15) is 23.6 Å². The Kier molecular flexibility index (Phi) is 11.0. The second-order valence-corrected chi connectivity index (χ2v) is 12.7. The van der Waals surface area contributed by atoms with Crippen molar-refractivity contribution in [3.63, 3.8) is 0 Å². The molecule has 2 aromatic heterocycles. The highest BCUT2D eigenvalue weighted by molar-refractivity contribution is 9.10. The summed E-state index contributed by atoms with van der Waals surface area (Å²) in [7, 11) is 0. The molecule has 2 atom stereocenters. The Labute approximate surface area is 279 Å². The molecule has 0 radical (unpaired) electrons. The number of amides is 3. The Hall–Kier alpha value is -4.79. The van der Waals surface area contributed by atoms with Crippen LogP contribution in [0.1, 0.15) is 57.1 Å². The number of ether oxygens (including phenoxy) is 1. The van der Waals surface area contributed by atoms with Crippen molar-refractivity contribution < 1.29 is 28.3 Å². The summed E-state index contributed by atoms with van der Waals surface area (Å²) < 4.78 is 21.6. The van der Waals surface area contributed by atoms with Gasteiger partial charge in [0.2, 0.25) is 11.8 Å². The first-order valence-corrected chi connectivity index (χ1v) is 15.5. The van der Waals surface area contributed by atoms with Crippen molar-refractivity contribution >= 4 is 74.5 Å². The molecule has 15 heteroatoms. The van der Waals surface area contributed by atoms with Gasteiger partial charge in [-0.1, -0.05) is 12.1 Å². The average molecular weight is 712 g/mol. The lowest BCUT2D eigenvalue weighted by Crippen LogP contribution is -2.44. The van der Waals surface area contributed by atoms with Crippen LogP contribution in [0.25, 0.3) is 16.5 Å². The molecule has 47 heavy (non-hydrogen) atoms. The van der Waals surface area contributed by atoms with Gasteiger partial charge in [-0.2, -0.15) is 5.10 Å². The lowest BCUT2D eigenvalue weighted by molar-refractivity contribution is -0.137. The van der Waals surface area contributed by atoms with Crippen molar-refractivity contribution in [2.75, 3.05) is 18.4 Å². The zero-order chi connectivity index (χ0) is 34.5. The summed E-state index contributed by atoms with van der Waals surface area (Å²) in [6.07, 6.45) is -0.587. The maximum absolute atomic E-state index is 14.5. The first kappa shape index (κ1) is 35.1. The third kappa shape index (κ3) is 9.15. The first-order chi connectivity index (χ1) is 22.1. The fraction of sp³-hybridized carbons (Fsp3) is 0.375. The van der Waals surface area contributed by atoms with Gasteiger partial charge in [-0.05, 0) is 85.7 Å². The minimum atomic E-state index is -1.38. The van der Waals surface area contributed by atoms with Crippen LogP contribution in [0.15, 0.2) is 57.2 Å². The van der Waals surface area contributed by atoms with Crippen molar-refractivity contribution in [2.24, 2.45) is 9.98 Å². The van der Waals surface area contributed by atoms with Crippen molar-refractivity contribution in [3.8, 4) is 0 Å². The van der Waals surface area contributed by atoms with Crippen molar-refractivity contribution in [3.05, 3.63) is 58.5 Å². The van der Waals surface area contributed by atoms with Gasteiger partial charge < -0.3 is 20.3 Å². The Bertz CT molecular complexity index is 1780. The maximum atomic E-state index is 14.5. The summed E-state index contributed by atoms with van der Waals surface area (Å²) in [5.74, 6) is -0.865.